The molecule has 1 N–H and O–H groups in total. The van der Waals surface area contributed by atoms with Crippen molar-refractivity contribution in [3.05, 3.63) is 59.7 Å². The van der Waals surface area contributed by atoms with Crippen LogP contribution < -0.4 is 10.2 Å². The molecule has 2 heterocycles. The second-order valence-corrected chi connectivity index (χ2v) is 12.0. The molecule has 186 valence electrons. The van der Waals surface area contributed by atoms with E-state index in [0.717, 1.165) is 30.5 Å². The van der Waals surface area contributed by atoms with Crippen molar-refractivity contribution in [1.82, 2.24) is 9.62 Å². The zero-order valence-corrected chi connectivity index (χ0v) is 21.0. The van der Waals surface area contributed by atoms with Gasteiger partial charge in [0, 0.05) is 43.2 Å². The van der Waals surface area contributed by atoms with Crippen molar-refractivity contribution < 1.29 is 18.0 Å². The lowest BCUT2D eigenvalue weighted by Crippen LogP contribution is -2.43. The number of fused-ring (bicyclic) bond motifs is 1. The zero-order valence-electron chi connectivity index (χ0n) is 20.2. The molecule has 35 heavy (non-hydrogen) atoms. The molecule has 2 aliphatic heterocycles. The molecule has 2 aromatic carbocycles. The topological polar surface area (TPSA) is 86.8 Å². The number of nitrogens with one attached hydrogen (secondary N) is 1. The summed E-state index contributed by atoms with van der Waals surface area (Å²) in [5.41, 5.74) is 2.94. The Labute approximate surface area is 207 Å². The number of hydrogen-bond donors (Lipinski definition) is 1. The van der Waals surface area contributed by atoms with E-state index in [1.807, 2.05) is 42.2 Å². The van der Waals surface area contributed by atoms with Gasteiger partial charge in [-0.05, 0) is 74.8 Å². The molecule has 1 atom stereocenters. The van der Waals surface area contributed by atoms with Gasteiger partial charge in [-0.25, -0.2) is 8.42 Å². The van der Waals surface area contributed by atoms with Crippen LogP contribution in [-0.2, 0) is 32.5 Å². The molecule has 0 bridgehead atoms. The van der Waals surface area contributed by atoms with Crippen LogP contribution in [-0.4, -0.2) is 50.2 Å². The van der Waals surface area contributed by atoms with Crippen LogP contribution in [0, 0.1) is 11.8 Å². The number of anilines is 1. The van der Waals surface area contributed by atoms with Gasteiger partial charge in [-0.1, -0.05) is 30.3 Å². The van der Waals surface area contributed by atoms with Gasteiger partial charge in [0.05, 0.1) is 4.90 Å². The molecular weight excluding hydrogens is 462 g/mol. The van der Waals surface area contributed by atoms with Crippen molar-refractivity contribution in [2.24, 2.45) is 11.8 Å². The quantitative estimate of drug-likeness (QED) is 0.639. The molecule has 7 nitrogen and oxygen atoms in total. The Morgan fingerprint density at radius 1 is 0.971 bits per heavy atom. The first-order valence-electron chi connectivity index (χ1n) is 12.6. The highest BCUT2D eigenvalue weighted by atomic mass is 32.2. The van der Waals surface area contributed by atoms with Crippen molar-refractivity contribution in [2.75, 3.05) is 24.5 Å². The summed E-state index contributed by atoms with van der Waals surface area (Å²) >= 11 is 0. The molecular formula is C27H33N3O4S. The highest BCUT2D eigenvalue weighted by molar-refractivity contribution is 7.89. The van der Waals surface area contributed by atoms with Crippen LogP contribution in [0.15, 0.2) is 53.4 Å². The van der Waals surface area contributed by atoms with E-state index in [4.69, 9.17) is 0 Å². The molecule has 0 radical (unpaired) electrons. The van der Waals surface area contributed by atoms with Crippen LogP contribution in [0.2, 0.25) is 0 Å². The first-order chi connectivity index (χ1) is 16.8. The monoisotopic (exact) mass is 495 g/mol. The summed E-state index contributed by atoms with van der Waals surface area (Å²) in [5, 5.41) is 3.00. The standard InChI is InChI=1S/C27H33N3O4S/c1-19-17-23-18-24(9-10-25(23)30(19)27(32)22-7-8-22)35(33,34)29-15-12-21(13-16-29)26(31)28-14-11-20-5-3-2-4-6-20/h2-6,9-10,18-19,21-22H,7-8,11-17H2,1H3,(H,28,31). The maximum absolute atomic E-state index is 13.4. The lowest BCUT2D eigenvalue weighted by atomic mass is 9.97. The smallest absolute Gasteiger partial charge is 0.243 e. The van der Waals surface area contributed by atoms with E-state index in [0.29, 0.717) is 38.9 Å². The molecule has 1 aliphatic carbocycles. The molecule has 2 aromatic rings. The Balaban J connectivity index is 1.18. The van der Waals surface area contributed by atoms with Gasteiger partial charge in [-0.3, -0.25) is 9.59 Å². The number of sulfonamides is 1. The number of carbonyl (C=O) groups is 2. The lowest BCUT2D eigenvalue weighted by Gasteiger charge is -2.30. The van der Waals surface area contributed by atoms with Gasteiger partial charge in [-0.2, -0.15) is 4.31 Å². The Bertz CT molecular complexity index is 1200. The van der Waals surface area contributed by atoms with Gasteiger partial charge >= 0.3 is 0 Å². The third-order valence-corrected chi connectivity index (χ3v) is 9.34. The van der Waals surface area contributed by atoms with E-state index in [1.54, 1.807) is 18.2 Å². The van der Waals surface area contributed by atoms with Crippen LogP contribution in [0.4, 0.5) is 5.69 Å². The van der Waals surface area contributed by atoms with E-state index in [1.165, 1.54) is 9.87 Å². The van der Waals surface area contributed by atoms with E-state index in [9.17, 15) is 18.0 Å². The fraction of sp³-hybridized carbons (Fsp3) is 0.481. The van der Waals surface area contributed by atoms with E-state index < -0.39 is 10.0 Å². The van der Waals surface area contributed by atoms with Crippen LogP contribution in [0.25, 0.3) is 0 Å². The van der Waals surface area contributed by atoms with E-state index in [2.05, 4.69) is 5.32 Å². The van der Waals surface area contributed by atoms with Gasteiger partial charge in [0.15, 0.2) is 0 Å². The van der Waals surface area contributed by atoms with Gasteiger partial charge in [0.25, 0.3) is 0 Å². The second kappa shape index (κ2) is 9.74. The van der Waals surface area contributed by atoms with Crippen molar-refractivity contribution in [1.29, 1.82) is 0 Å². The number of amides is 2. The maximum atomic E-state index is 13.4. The Morgan fingerprint density at radius 2 is 1.69 bits per heavy atom. The minimum atomic E-state index is -3.65. The number of rotatable bonds is 7. The molecule has 1 saturated heterocycles. The Morgan fingerprint density at radius 3 is 2.37 bits per heavy atom. The van der Waals surface area contributed by atoms with Gasteiger partial charge in [0.1, 0.15) is 0 Å². The first kappa shape index (κ1) is 24.0. The number of piperidine rings is 1. The molecule has 8 heteroatoms. The molecule has 0 spiro atoms. The van der Waals surface area contributed by atoms with Crippen molar-refractivity contribution in [2.45, 2.75) is 56.4 Å². The van der Waals surface area contributed by atoms with E-state index in [-0.39, 0.29) is 34.6 Å². The molecule has 5 rings (SSSR count). The molecule has 0 aromatic heterocycles. The summed E-state index contributed by atoms with van der Waals surface area (Å²) in [6.07, 6.45) is 4.38. The highest BCUT2D eigenvalue weighted by Crippen LogP contribution is 2.40. The maximum Gasteiger partial charge on any atom is 0.243 e. The summed E-state index contributed by atoms with van der Waals surface area (Å²) in [7, 11) is -3.65. The minimum Gasteiger partial charge on any atom is -0.356 e. The van der Waals surface area contributed by atoms with Crippen LogP contribution in [0.3, 0.4) is 0 Å². The van der Waals surface area contributed by atoms with Gasteiger partial charge in [-0.15, -0.1) is 0 Å². The summed E-state index contributed by atoms with van der Waals surface area (Å²) in [5.74, 6) is 0.129. The lowest BCUT2D eigenvalue weighted by molar-refractivity contribution is -0.126. The first-order valence-corrected chi connectivity index (χ1v) is 14.1. The highest BCUT2D eigenvalue weighted by Gasteiger charge is 2.40. The normalized spacial score (nSPS) is 21.1. The van der Waals surface area contributed by atoms with Crippen LogP contribution >= 0.6 is 0 Å². The summed E-state index contributed by atoms with van der Waals surface area (Å²) in [6.45, 7) is 3.26. The number of benzene rings is 2. The fourth-order valence-corrected chi connectivity index (χ4v) is 6.78. The molecule has 1 unspecified atom stereocenters. The third-order valence-electron chi connectivity index (χ3n) is 7.45. The van der Waals surface area contributed by atoms with Gasteiger partial charge < -0.3 is 10.2 Å². The SMILES string of the molecule is CC1Cc2cc(S(=O)(=O)N3CCC(C(=O)NCCc4ccccc4)CC3)ccc2N1C(=O)C1CC1. The van der Waals surface area contributed by atoms with E-state index >= 15 is 0 Å². The molecule has 2 amide bonds. The van der Waals surface area contributed by atoms with Crippen molar-refractivity contribution in [3.63, 3.8) is 0 Å². The molecule has 1 saturated carbocycles. The molecule has 2 fully saturated rings. The predicted octanol–water partition coefficient (Wildman–Crippen LogP) is 3.13. The molecule has 3 aliphatic rings. The average molecular weight is 496 g/mol. The third kappa shape index (κ3) is 5.00. The summed E-state index contributed by atoms with van der Waals surface area (Å²) in [6, 6.07) is 15.2. The van der Waals surface area contributed by atoms with Crippen LogP contribution in [0.5, 0.6) is 0 Å². The van der Waals surface area contributed by atoms with Gasteiger partial charge in [0.2, 0.25) is 21.8 Å². The van der Waals surface area contributed by atoms with Crippen molar-refractivity contribution >= 4 is 27.5 Å². The van der Waals surface area contributed by atoms with Crippen LogP contribution in [0.1, 0.15) is 43.7 Å². The summed E-state index contributed by atoms with van der Waals surface area (Å²) < 4.78 is 28.2. The minimum absolute atomic E-state index is 0.00455. The number of hydrogen-bond acceptors (Lipinski definition) is 4. The predicted molar refractivity (Wildman–Crippen MR) is 134 cm³/mol. The Hall–Kier alpha value is -2.71. The largest absolute Gasteiger partial charge is 0.356 e. The van der Waals surface area contributed by atoms with Crippen molar-refractivity contribution in [3.8, 4) is 0 Å². The Kier molecular flexibility index (Phi) is 6.68. The second-order valence-electron chi connectivity index (χ2n) is 10.0. The number of nitrogens with zero attached hydrogens (tertiary/aromatic N) is 2. The summed E-state index contributed by atoms with van der Waals surface area (Å²) in [4.78, 5) is 27.4. The average Bonchev–Trinajstić information content (AvgIpc) is 3.66. The zero-order chi connectivity index (χ0) is 24.6. The fourth-order valence-electron chi connectivity index (χ4n) is 5.26. The number of carbonyl (C=O) groups excluding carboxylic acids is 2.